The molecule has 120 valence electrons. The molecule has 23 heavy (non-hydrogen) atoms. The highest BCUT2D eigenvalue weighted by Crippen LogP contribution is 2.24. The highest BCUT2D eigenvalue weighted by atomic mass is 32.2. The van der Waals surface area contributed by atoms with Crippen molar-refractivity contribution >= 4 is 21.6 Å². The van der Waals surface area contributed by atoms with Gasteiger partial charge in [0.15, 0.2) is 0 Å². The summed E-state index contributed by atoms with van der Waals surface area (Å²) < 4.78 is 26.8. The summed E-state index contributed by atoms with van der Waals surface area (Å²) in [6, 6.07) is 14.6. The topological polar surface area (TPSA) is 66.5 Å². The molecule has 0 aromatic heterocycles. The van der Waals surface area contributed by atoms with E-state index < -0.39 is 10.0 Å². The zero-order chi connectivity index (χ0) is 16.9. The molecule has 0 aliphatic heterocycles. The Labute approximate surface area is 136 Å². The third-order valence-electron chi connectivity index (χ3n) is 3.27. The SMILES string of the molecule is C=CCN(c1ccc(C(=O)NC)cc1)S(=O)(=O)c1ccccc1. The van der Waals surface area contributed by atoms with Crippen LogP contribution in [-0.2, 0) is 10.0 Å². The molecule has 0 saturated carbocycles. The fourth-order valence-corrected chi connectivity index (χ4v) is 3.56. The number of sulfonamides is 1. The molecule has 1 amide bonds. The Morgan fingerprint density at radius 3 is 2.26 bits per heavy atom. The van der Waals surface area contributed by atoms with E-state index in [0.29, 0.717) is 11.3 Å². The number of carbonyl (C=O) groups excluding carboxylic acids is 1. The van der Waals surface area contributed by atoms with Crippen LogP contribution in [0.5, 0.6) is 0 Å². The van der Waals surface area contributed by atoms with Crippen LogP contribution in [-0.4, -0.2) is 27.9 Å². The van der Waals surface area contributed by atoms with Gasteiger partial charge < -0.3 is 5.32 Å². The van der Waals surface area contributed by atoms with Crippen LogP contribution in [0.2, 0.25) is 0 Å². The van der Waals surface area contributed by atoms with Gasteiger partial charge in [0.2, 0.25) is 0 Å². The first-order valence-electron chi connectivity index (χ1n) is 7.01. The third kappa shape index (κ3) is 3.60. The maximum Gasteiger partial charge on any atom is 0.264 e. The molecule has 0 saturated heterocycles. The average Bonchev–Trinajstić information content (AvgIpc) is 2.60. The number of hydrogen-bond donors (Lipinski definition) is 1. The van der Waals surface area contributed by atoms with Gasteiger partial charge in [-0.3, -0.25) is 9.10 Å². The molecule has 2 aromatic rings. The van der Waals surface area contributed by atoms with Crippen LogP contribution in [0.25, 0.3) is 0 Å². The van der Waals surface area contributed by atoms with Crippen LogP contribution in [0, 0.1) is 0 Å². The predicted octanol–water partition coefficient (Wildman–Crippen LogP) is 2.43. The zero-order valence-electron chi connectivity index (χ0n) is 12.8. The van der Waals surface area contributed by atoms with Gasteiger partial charge in [0.05, 0.1) is 17.1 Å². The maximum absolute atomic E-state index is 12.8. The minimum Gasteiger partial charge on any atom is -0.355 e. The quantitative estimate of drug-likeness (QED) is 0.827. The van der Waals surface area contributed by atoms with Crippen LogP contribution >= 0.6 is 0 Å². The van der Waals surface area contributed by atoms with Crippen LogP contribution in [0.4, 0.5) is 5.69 Å². The molecule has 2 rings (SSSR count). The van der Waals surface area contributed by atoms with E-state index in [1.165, 1.54) is 10.4 Å². The number of nitrogens with zero attached hydrogens (tertiary/aromatic N) is 1. The van der Waals surface area contributed by atoms with Gasteiger partial charge in [-0.1, -0.05) is 24.3 Å². The van der Waals surface area contributed by atoms with Crippen molar-refractivity contribution in [2.45, 2.75) is 4.90 Å². The van der Waals surface area contributed by atoms with E-state index in [-0.39, 0.29) is 17.3 Å². The number of rotatable bonds is 6. The van der Waals surface area contributed by atoms with Crippen LogP contribution < -0.4 is 9.62 Å². The van der Waals surface area contributed by atoms with E-state index in [4.69, 9.17) is 0 Å². The smallest absolute Gasteiger partial charge is 0.264 e. The van der Waals surface area contributed by atoms with E-state index in [0.717, 1.165) is 0 Å². The van der Waals surface area contributed by atoms with Gasteiger partial charge in [0.25, 0.3) is 15.9 Å². The van der Waals surface area contributed by atoms with E-state index in [9.17, 15) is 13.2 Å². The largest absolute Gasteiger partial charge is 0.355 e. The molecule has 0 atom stereocenters. The number of nitrogens with one attached hydrogen (secondary N) is 1. The van der Waals surface area contributed by atoms with E-state index in [1.807, 2.05) is 0 Å². The van der Waals surface area contributed by atoms with E-state index in [2.05, 4.69) is 11.9 Å². The van der Waals surface area contributed by atoms with Crippen LogP contribution in [0.3, 0.4) is 0 Å². The highest BCUT2D eigenvalue weighted by Gasteiger charge is 2.23. The molecule has 0 spiro atoms. The van der Waals surface area contributed by atoms with Gasteiger partial charge in [0, 0.05) is 12.6 Å². The fourth-order valence-electron chi connectivity index (χ4n) is 2.10. The summed E-state index contributed by atoms with van der Waals surface area (Å²) >= 11 is 0. The molecule has 0 unspecified atom stereocenters. The van der Waals surface area contributed by atoms with Gasteiger partial charge in [-0.2, -0.15) is 0 Å². The van der Waals surface area contributed by atoms with Crippen LogP contribution in [0.1, 0.15) is 10.4 Å². The van der Waals surface area contributed by atoms with E-state index in [1.54, 1.807) is 61.6 Å². The Balaban J connectivity index is 2.42. The number of benzene rings is 2. The van der Waals surface area contributed by atoms with Crippen molar-refractivity contribution in [2.24, 2.45) is 0 Å². The van der Waals surface area contributed by atoms with Gasteiger partial charge >= 0.3 is 0 Å². The summed E-state index contributed by atoms with van der Waals surface area (Å²) in [4.78, 5) is 11.8. The number of carbonyl (C=O) groups is 1. The van der Waals surface area contributed by atoms with Gasteiger partial charge in [-0.05, 0) is 36.4 Å². The van der Waals surface area contributed by atoms with Crippen molar-refractivity contribution in [3.05, 3.63) is 72.8 Å². The predicted molar refractivity (Wildman–Crippen MR) is 91.0 cm³/mol. The van der Waals surface area contributed by atoms with Crippen LogP contribution in [0.15, 0.2) is 72.1 Å². The molecule has 0 radical (unpaired) electrons. The summed E-state index contributed by atoms with van der Waals surface area (Å²) in [5.74, 6) is -0.224. The first-order chi connectivity index (χ1) is 11.0. The molecule has 0 heterocycles. The summed E-state index contributed by atoms with van der Waals surface area (Å²) in [6.45, 7) is 3.76. The lowest BCUT2D eigenvalue weighted by Crippen LogP contribution is -2.31. The lowest BCUT2D eigenvalue weighted by atomic mass is 10.2. The van der Waals surface area contributed by atoms with Gasteiger partial charge in [-0.25, -0.2) is 8.42 Å². The van der Waals surface area contributed by atoms with E-state index >= 15 is 0 Å². The minimum atomic E-state index is -3.69. The standard InChI is InChI=1S/C17H18N2O3S/c1-3-13-19(23(21,22)16-7-5-4-6-8-16)15-11-9-14(10-12-15)17(20)18-2/h3-12H,1,13H2,2H3,(H,18,20). The molecule has 1 N–H and O–H groups in total. The third-order valence-corrected chi connectivity index (χ3v) is 5.08. The molecule has 2 aromatic carbocycles. The lowest BCUT2D eigenvalue weighted by Gasteiger charge is -2.23. The average molecular weight is 330 g/mol. The normalized spacial score (nSPS) is 10.8. The summed E-state index contributed by atoms with van der Waals surface area (Å²) in [5.41, 5.74) is 0.938. The fraction of sp³-hybridized carbons (Fsp3) is 0.118. The Bertz CT molecular complexity index is 784. The van der Waals surface area contributed by atoms with Gasteiger partial charge in [-0.15, -0.1) is 6.58 Å². The highest BCUT2D eigenvalue weighted by molar-refractivity contribution is 7.92. The first kappa shape index (κ1) is 16.8. The van der Waals surface area contributed by atoms with Crippen molar-refractivity contribution in [1.29, 1.82) is 0 Å². The number of anilines is 1. The van der Waals surface area contributed by atoms with Crippen molar-refractivity contribution in [3.63, 3.8) is 0 Å². The second-order valence-corrected chi connectivity index (χ2v) is 6.63. The molecule has 0 bridgehead atoms. The summed E-state index contributed by atoms with van der Waals surface area (Å²) in [6.07, 6.45) is 1.52. The number of hydrogen-bond acceptors (Lipinski definition) is 3. The Hall–Kier alpha value is -2.60. The molecule has 6 heteroatoms. The zero-order valence-corrected chi connectivity index (χ0v) is 13.6. The molecular weight excluding hydrogens is 312 g/mol. The van der Waals surface area contributed by atoms with Crippen molar-refractivity contribution in [1.82, 2.24) is 5.32 Å². The first-order valence-corrected chi connectivity index (χ1v) is 8.45. The molecule has 0 fully saturated rings. The second kappa shape index (κ2) is 7.11. The van der Waals surface area contributed by atoms with Crippen molar-refractivity contribution in [2.75, 3.05) is 17.9 Å². The summed E-state index contributed by atoms with van der Waals surface area (Å²) in [5, 5.41) is 2.52. The Morgan fingerprint density at radius 2 is 1.74 bits per heavy atom. The molecule has 0 aliphatic carbocycles. The Kier molecular flexibility index (Phi) is 5.18. The Morgan fingerprint density at radius 1 is 1.13 bits per heavy atom. The molecule has 0 aliphatic rings. The molecule has 5 nitrogen and oxygen atoms in total. The van der Waals surface area contributed by atoms with Crippen molar-refractivity contribution < 1.29 is 13.2 Å². The van der Waals surface area contributed by atoms with Gasteiger partial charge in [0.1, 0.15) is 0 Å². The lowest BCUT2D eigenvalue weighted by molar-refractivity contribution is 0.0963. The maximum atomic E-state index is 12.8. The second-order valence-electron chi connectivity index (χ2n) is 4.76. The number of amides is 1. The molecular formula is C17H18N2O3S. The van der Waals surface area contributed by atoms with Crippen molar-refractivity contribution in [3.8, 4) is 0 Å². The summed E-state index contributed by atoms with van der Waals surface area (Å²) in [7, 11) is -2.15. The monoisotopic (exact) mass is 330 g/mol. The minimum absolute atomic E-state index is 0.135.